The van der Waals surface area contributed by atoms with E-state index in [-0.39, 0.29) is 0 Å². The summed E-state index contributed by atoms with van der Waals surface area (Å²) >= 11 is 0. The van der Waals surface area contributed by atoms with E-state index in [0.29, 0.717) is 0 Å². The molecule has 0 radical (unpaired) electrons. The fourth-order valence-electron chi connectivity index (χ4n) is 3.06. The molecule has 0 unspecified atom stereocenters. The molecular formula is C16H22N2O. The minimum atomic E-state index is 0.776. The largest absolute Gasteiger partial charge is 0.441 e. The van der Waals surface area contributed by atoms with Crippen molar-refractivity contribution in [1.82, 2.24) is 10.3 Å². The summed E-state index contributed by atoms with van der Waals surface area (Å²) in [6.45, 7) is 0.876. The predicted molar refractivity (Wildman–Crippen MR) is 77.1 cm³/mol. The van der Waals surface area contributed by atoms with Crippen molar-refractivity contribution in [2.75, 3.05) is 7.05 Å². The smallest absolute Gasteiger partial charge is 0.195 e. The fraction of sp³-hybridized carbons (Fsp3) is 0.562. The third-order valence-corrected chi connectivity index (χ3v) is 4.07. The molecule has 1 saturated carbocycles. The molecule has 0 atom stereocenters. The Morgan fingerprint density at radius 2 is 2.11 bits per heavy atom. The van der Waals surface area contributed by atoms with E-state index in [1.807, 2.05) is 13.1 Å². The van der Waals surface area contributed by atoms with Gasteiger partial charge in [-0.3, -0.25) is 0 Å². The van der Waals surface area contributed by atoms with Gasteiger partial charge < -0.3 is 9.73 Å². The number of nitrogens with zero attached hydrogens (tertiary/aromatic N) is 1. The minimum Gasteiger partial charge on any atom is -0.441 e. The van der Waals surface area contributed by atoms with Crippen LogP contribution < -0.4 is 5.32 Å². The second-order valence-electron chi connectivity index (χ2n) is 5.65. The highest BCUT2D eigenvalue weighted by Gasteiger charge is 2.17. The van der Waals surface area contributed by atoms with Crippen LogP contribution in [0.25, 0.3) is 11.1 Å². The van der Waals surface area contributed by atoms with E-state index in [1.165, 1.54) is 37.7 Å². The Morgan fingerprint density at radius 1 is 1.26 bits per heavy atom. The summed E-state index contributed by atoms with van der Waals surface area (Å²) in [4.78, 5) is 4.66. The third kappa shape index (κ3) is 2.98. The van der Waals surface area contributed by atoms with Crippen LogP contribution in [0.5, 0.6) is 0 Å². The van der Waals surface area contributed by atoms with Crippen molar-refractivity contribution in [3.63, 3.8) is 0 Å². The molecule has 0 aliphatic heterocycles. The summed E-state index contributed by atoms with van der Waals surface area (Å²) in [5.74, 6) is 1.70. The topological polar surface area (TPSA) is 38.1 Å². The van der Waals surface area contributed by atoms with Crippen LogP contribution >= 0.6 is 0 Å². The number of hydrogen-bond acceptors (Lipinski definition) is 3. The van der Waals surface area contributed by atoms with Gasteiger partial charge in [-0.05, 0) is 43.5 Å². The zero-order valence-electron chi connectivity index (χ0n) is 11.6. The third-order valence-electron chi connectivity index (χ3n) is 4.07. The molecule has 0 spiro atoms. The highest BCUT2D eigenvalue weighted by Crippen LogP contribution is 2.28. The molecule has 2 aromatic rings. The molecule has 3 rings (SSSR count). The van der Waals surface area contributed by atoms with E-state index in [9.17, 15) is 0 Å². The zero-order chi connectivity index (χ0) is 13.1. The van der Waals surface area contributed by atoms with Crippen LogP contribution in [0.15, 0.2) is 22.6 Å². The molecule has 1 aromatic heterocycles. The Bertz CT molecular complexity index is 541. The second-order valence-corrected chi connectivity index (χ2v) is 5.65. The summed E-state index contributed by atoms with van der Waals surface area (Å²) in [6, 6.07) is 6.27. The normalized spacial score (nSPS) is 17.1. The Kier molecular flexibility index (Phi) is 3.83. The van der Waals surface area contributed by atoms with Crippen LogP contribution in [-0.2, 0) is 13.0 Å². The Hall–Kier alpha value is -1.35. The van der Waals surface area contributed by atoms with Crippen molar-refractivity contribution in [1.29, 1.82) is 0 Å². The van der Waals surface area contributed by atoms with Crippen molar-refractivity contribution in [2.45, 2.75) is 45.1 Å². The van der Waals surface area contributed by atoms with Crippen molar-refractivity contribution in [2.24, 2.45) is 5.92 Å². The van der Waals surface area contributed by atoms with Gasteiger partial charge in [0.15, 0.2) is 11.5 Å². The van der Waals surface area contributed by atoms with Gasteiger partial charge in [-0.1, -0.05) is 25.3 Å². The fourth-order valence-corrected chi connectivity index (χ4v) is 3.06. The Labute approximate surface area is 114 Å². The first-order valence-electron chi connectivity index (χ1n) is 7.38. The van der Waals surface area contributed by atoms with Gasteiger partial charge in [0.05, 0.1) is 0 Å². The van der Waals surface area contributed by atoms with Gasteiger partial charge in [0.25, 0.3) is 0 Å². The average molecular weight is 258 g/mol. The molecule has 1 aromatic carbocycles. The molecule has 1 heterocycles. The van der Waals surface area contributed by atoms with Crippen LogP contribution in [-0.4, -0.2) is 12.0 Å². The van der Waals surface area contributed by atoms with E-state index in [0.717, 1.165) is 35.9 Å². The lowest BCUT2D eigenvalue weighted by molar-refractivity contribution is 0.332. The van der Waals surface area contributed by atoms with Crippen molar-refractivity contribution in [3.8, 4) is 0 Å². The summed E-state index contributed by atoms with van der Waals surface area (Å²) < 4.78 is 5.87. The average Bonchev–Trinajstić information content (AvgIpc) is 2.82. The molecule has 102 valence electrons. The number of nitrogens with one attached hydrogen (secondary N) is 1. The van der Waals surface area contributed by atoms with Gasteiger partial charge in [0.1, 0.15) is 5.52 Å². The number of fused-ring (bicyclic) bond motifs is 1. The molecule has 1 aliphatic rings. The van der Waals surface area contributed by atoms with E-state index in [2.05, 4.69) is 22.4 Å². The number of aromatic nitrogens is 1. The maximum Gasteiger partial charge on any atom is 0.195 e. The predicted octanol–water partition coefficient (Wildman–Crippen LogP) is 3.67. The van der Waals surface area contributed by atoms with Gasteiger partial charge in [-0.2, -0.15) is 0 Å². The van der Waals surface area contributed by atoms with Crippen LogP contribution in [0.1, 0.15) is 43.6 Å². The van der Waals surface area contributed by atoms with Gasteiger partial charge >= 0.3 is 0 Å². The molecular weight excluding hydrogens is 236 g/mol. The van der Waals surface area contributed by atoms with Crippen LogP contribution in [0.3, 0.4) is 0 Å². The molecule has 1 aliphatic carbocycles. The summed E-state index contributed by atoms with van der Waals surface area (Å²) in [7, 11) is 1.96. The first kappa shape index (κ1) is 12.7. The van der Waals surface area contributed by atoms with Crippen LogP contribution in [0, 0.1) is 5.92 Å². The number of benzene rings is 1. The van der Waals surface area contributed by atoms with E-state index in [1.54, 1.807) is 0 Å². The summed E-state index contributed by atoms with van der Waals surface area (Å²) in [6.07, 6.45) is 7.83. The molecule has 0 saturated heterocycles. The van der Waals surface area contributed by atoms with Crippen molar-refractivity contribution >= 4 is 11.1 Å². The zero-order valence-corrected chi connectivity index (χ0v) is 11.6. The van der Waals surface area contributed by atoms with Gasteiger partial charge in [-0.25, -0.2) is 4.98 Å². The summed E-state index contributed by atoms with van der Waals surface area (Å²) in [5.41, 5.74) is 3.18. The maximum absolute atomic E-state index is 5.87. The number of rotatable bonds is 4. The Balaban J connectivity index is 1.76. The first-order valence-corrected chi connectivity index (χ1v) is 7.38. The molecule has 1 fully saturated rings. The lowest BCUT2D eigenvalue weighted by Gasteiger charge is -2.19. The van der Waals surface area contributed by atoms with E-state index < -0.39 is 0 Å². The summed E-state index contributed by atoms with van der Waals surface area (Å²) in [5, 5.41) is 3.16. The maximum atomic E-state index is 5.87. The van der Waals surface area contributed by atoms with Crippen LogP contribution in [0.2, 0.25) is 0 Å². The van der Waals surface area contributed by atoms with Crippen molar-refractivity contribution < 1.29 is 4.42 Å². The number of hydrogen-bond donors (Lipinski definition) is 1. The van der Waals surface area contributed by atoms with E-state index >= 15 is 0 Å². The SMILES string of the molecule is CNCc1ccc2oc(CC3CCCCC3)nc2c1. The minimum absolute atomic E-state index is 0.776. The molecule has 3 heteroatoms. The standard InChI is InChI=1S/C16H22N2O/c1-17-11-13-7-8-15-14(9-13)18-16(19-15)10-12-5-3-2-4-6-12/h7-9,12,17H,2-6,10-11H2,1H3. The van der Waals surface area contributed by atoms with Gasteiger partial charge in [0, 0.05) is 13.0 Å². The molecule has 1 N–H and O–H groups in total. The molecule has 0 amide bonds. The second kappa shape index (κ2) is 5.74. The monoisotopic (exact) mass is 258 g/mol. The van der Waals surface area contributed by atoms with Gasteiger partial charge in [0.2, 0.25) is 0 Å². The quantitative estimate of drug-likeness (QED) is 0.909. The lowest BCUT2D eigenvalue weighted by Crippen LogP contribution is -2.09. The van der Waals surface area contributed by atoms with Gasteiger partial charge in [-0.15, -0.1) is 0 Å². The lowest BCUT2D eigenvalue weighted by atomic mass is 9.87. The van der Waals surface area contributed by atoms with Crippen molar-refractivity contribution in [3.05, 3.63) is 29.7 Å². The van der Waals surface area contributed by atoms with E-state index in [4.69, 9.17) is 4.42 Å². The molecule has 3 nitrogen and oxygen atoms in total. The highest BCUT2D eigenvalue weighted by molar-refractivity contribution is 5.73. The Morgan fingerprint density at radius 3 is 2.89 bits per heavy atom. The van der Waals surface area contributed by atoms with Crippen LogP contribution in [0.4, 0.5) is 0 Å². The number of oxazole rings is 1. The molecule has 19 heavy (non-hydrogen) atoms. The molecule has 0 bridgehead atoms. The highest BCUT2D eigenvalue weighted by atomic mass is 16.3. The first-order chi connectivity index (χ1) is 9.35.